The Morgan fingerprint density at radius 3 is 2.57 bits per heavy atom. The summed E-state index contributed by atoms with van der Waals surface area (Å²) in [6.45, 7) is 6.52. The molecule has 2 heteroatoms. The summed E-state index contributed by atoms with van der Waals surface area (Å²) in [5.74, 6) is 2.65. The fourth-order valence-electron chi connectivity index (χ4n) is 6.23. The molecule has 3 aliphatic carbocycles. The molecule has 1 N–H and O–H groups in total. The fourth-order valence-corrected chi connectivity index (χ4v) is 6.23. The standard InChI is InChI=1S/C19H32O2/c1-13(20)8-11-18(2)10-4-5-14-15(18)9-12-19(3)16(14)6-7-17(19)21/h14-17,21H,4-12H2,1-3H3/t14-,15-,16+,17-,18-,19+/m0/s1. The van der Waals surface area contributed by atoms with Crippen molar-refractivity contribution >= 4 is 5.78 Å². The third kappa shape index (κ3) is 2.48. The maximum absolute atomic E-state index is 11.4. The molecule has 0 saturated heterocycles. The maximum atomic E-state index is 11.4. The maximum Gasteiger partial charge on any atom is 0.129 e. The van der Waals surface area contributed by atoms with Crippen molar-refractivity contribution in [3.8, 4) is 0 Å². The van der Waals surface area contributed by atoms with Gasteiger partial charge in [0.2, 0.25) is 0 Å². The summed E-state index contributed by atoms with van der Waals surface area (Å²) in [6.07, 6.45) is 10.4. The van der Waals surface area contributed by atoms with Crippen LogP contribution in [-0.4, -0.2) is 17.0 Å². The molecule has 120 valence electrons. The Bertz CT molecular complexity index is 418. The smallest absolute Gasteiger partial charge is 0.129 e. The number of carbonyl (C=O) groups excluding carboxylic acids is 1. The van der Waals surface area contributed by atoms with Crippen LogP contribution in [0.2, 0.25) is 0 Å². The highest BCUT2D eigenvalue weighted by Gasteiger charge is 2.57. The van der Waals surface area contributed by atoms with Crippen molar-refractivity contribution in [2.24, 2.45) is 28.6 Å². The van der Waals surface area contributed by atoms with Crippen molar-refractivity contribution in [2.45, 2.75) is 84.7 Å². The number of aliphatic hydroxyl groups is 1. The van der Waals surface area contributed by atoms with Gasteiger partial charge in [-0.25, -0.2) is 0 Å². The van der Waals surface area contributed by atoms with E-state index in [0.717, 1.165) is 37.0 Å². The van der Waals surface area contributed by atoms with E-state index in [1.165, 1.54) is 38.5 Å². The van der Waals surface area contributed by atoms with Gasteiger partial charge in [-0.2, -0.15) is 0 Å². The second-order valence-corrected chi connectivity index (χ2v) is 8.76. The Morgan fingerprint density at radius 2 is 1.86 bits per heavy atom. The van der Waals surface area contributed by atoms with Crippen molar-refractivity contribution in [1.29, 1.82) is 0 Å². The number of hydrogen-bond acceptors (Lipinski definition) is 2. The van der Waals surface area contributed by atoms with Crippen LogP contribution < -0.4 is 0 Å². The summed E-state index contributed by atoms with van der Waals surface area (Å²) in [5, 5.41) is 10.4. The monoisotopic (exact) mass is 292 g/mol. The number of aliphatic hydroxyl groups excluding tert-OH is 1. The first-order chi connectivity index (χ1) is 9.87. The fraction of sp³-hybridized carbons (Fsp3) is 0.947. The SMILES string of the molecule is CC(=O)CC[C@]1(C)CCC[C@@H]2[C@H]3CC[C@H](O)[C@]3(C)CC[C@@H]21. The molecule has 6 atom stereocenters. The first-order valence-electron chi connectivity index (χ1n) is 9.04. The summed E-state index contributed by atoms with van der Waals surface area (Å²) in [6, 6.07) is 0. The third-order valence-electron chi connectivity index (χ3n) is 7.62. The van der Waals surface area contributed by atoms with Crippen LogP contribution >= 0.6 is 0 Å². The Balaban J connectivity index is 1.80. The number of Topliss-reactive ketones (excluding diaryl/α,β-unsaturated/α-hetero) is 1. The quantitative estimate of drug-likeness (QED) is 0.839. The molecule has 0 amide bonds. The molecule has 0 aromatic carbocycles. The summed E-state index contributed by atoms with van der Waals surface area (Å²) in [5.41, 5.74) is 0.545. The zero-order chi connectivity index (χ0) is 15.3. The van der Waals surface area contributed by atoms with E-state index < -0.39 is 0 Å². The Labute approximate surface area is 129 Å². The zero-order valence-electron chi connectivity index (χ0n) is 14.0. The lowest BCUT2D eigenvalue weighted by molar-refractivity contribution is -0.119. The molecule has 0 aliphatic heterocycles. The molecule has 0 aromatic heterocycles. The van der Waals surface area contributed by atoms with Gasteiger partial charge >= 0.3 is 0 Å². The number of fused-ring (bicyclic) bond motifs is 3. The Morgan fingerprint density at radius 1 is 1.10 bits per heavy atom. The van der Waals surface area contributed by atoms with Gasteiger partial charge in [0.15, 0.2) is 0 Å². The molecular formula is C19H32O2. The van der Waals surface area contributed by atoms with Crippen LogP contribution in [0.4, 0.5) is 0 Å². The Hall–Kier alpha value is -0.370. The lowest BCUT2D eigenvalue weighted by atomic mass is 9.49. The van der Waals surface area contributed by atoms with Gasteiger partial charge in [-0.3, -0.25) is 0 Å². The first-order valence-corrected chi connectivity index (χ1v) is 9.04. The van der Waals surface area contributed by atoms with Gasteiger partial charge in [0.25, 0.3) is 0 Å². The minimum atomic E-state index is -0.0751. The Kier molecular flexibility index (Phi) is 3.97. The van der Waals surface area contributed by atoms with Crippen molar-refractivity contribution in [3.63, 3.8) is 0 Å². The second kappa shape index (κ2) is 5.37. The first kappa shape index (κ1) is 15.5. The molecule has 3 aliphatic rings. The molecule has 0 spiro atoms. The van der Waals surface area contributed by atoms with Gasteiger partial charge in [0.1, 0.15) is 5.78 Å². The van der Waals surface area contributed by atoms with Gasteiger partial charge in [-0.05, 0) is 80.5 Å². The summed E-state index contributed by atoms with van der Waals surface area (Å²) in [4.78, 5) is 11.4. The molecule has 3 saturated carbocycles. The van der Waals surface area contributed by atoms with Crippen molar-refractivity contribution in [2.75, 3.05) is 0 Å². The minimum Gasteiger partial charge on any atom is -0.393 e. The molecule has 0 radical (unpaired) electrons. The van der Waals surface area contributed by atoms with Crippen LogP contribution in [0, 0.1) is 28.6 Å². The lowest BCUT2D eigenvalue weighted by Gasteiger charge is -2.56. The van der Waals surface area contributed by atoms with Gasteiger partial charge in [-0.15, -0.1) is 0 Å². The highest BCUT2D eigenvalue weighted by atomic mass is 16.3. The van der Waals surface area contributed by atoms with Crippen LogP contribution in [0.15, 0.2) is 0 Å². The van der Waals surface area contributed by atoms with E-state index in [2.05, 4.69) is 13.8 Å². The number of hydrogen-bond donors (Lipinski definition) is 1. The molecule has 3 rings (SSSR count). The average Bonchev–Trinajstić information content (AvgIpc) is 2.73. The van der Waals surface area contributed by atoms with E-state index in [-0.39, 0.29) is 11.5 Å². The highest BCUT2D eigenvalue weighted by molar-refractivity contribution is 5.75. The zero-order valence-corrected chi connectivity index (χ0v) is 14.0. The molecule has 3 fully saturated rings. The number of carbonyl (C=O) groups is 1. The van der Waals surface area contributed by atoms with Crippen LogP contribution in [0.25, 0.3) is 0 Å². The molecule has 0 bridgehead atoms. The molecule has 21 heavy (non-hydrogen) atoms. The van der Waals surface area contributed by atoms with Gasteiger partial charge < -0.3 is 9.90 Å². The third-order valence-corrected chi connectivity index (χ3v) is 7.62. The predicted molar refractivity (Wildman–Crippen MR) is 84.9 cm³/mol. The topological polar surface area (TPSA) is 37.3 Å². The van der Waals surface area contributed by atoms with Crippen LogP contribution in [0.1, 0.15) is 78.6 Å². The van der Waals surface area contributed by atoms with Gasteiger partial charge in [0, 0.05) is 6.42 Å². The number of rotatable bonds is 3. The van der Waals surface area contributed by atoms with Crippen molar-refractivity contribution in [1.82, 2.24) is 0 Å². The summed E-state index contributed by atoms with van der Waals surface area (Å²) >= 11 is 0. The average molecular weight is 292 g/mol. The van der Waals surface area contributed by atoms with E-state index in [1.54, 1.807) is 6.92 Å². The number of ketones is 1. The molecule has 0 unspecified atom stereocenters. The largest absolute Gasteiger partial charge is 0.393 e. The van der Waals surface area contributed by atoms with E-state index in [9.17, 15) is 9.90 Å². The predicted octanol–water partition coefficient (Wildman–Crippen LogP) is 4.35. The molecule has 0 aromatic rings. The van der Waals surface area contributed by atoms with Crippen LogP contribution in [-0.2, 0) is 4.79 Å². The van der Waals surface area contributed by atoms with Crippen molar-refractivity contribution in [3.05, 3.63) is 0 Å². The minimum absolute atomic E-state index is 0.0751. The van der Waals surface area contributed by atoms with Crippen LogP contribution in [0.3, 0.4) is 0 Å². The molecule has 0 heterocycles. The molecule has 2 nitrogen and oxygen atoms in total. The lowest BCUT2D eigenvalue weighted by Crippen LogP contribution is -2.49. The van der Waals surface area contributed by atoms with E-state index in [1.807, 2.05) is 0 Å². The highest BCUT2D eigenvalue weighted by Crippen LogP contribution is 2.63. The second-order valence-electron chi connectivity index (χ2n) is 8.76. The normalized spacial score (nSPS) is 49.5. The van der Waals surface area contributed by atoms with E-state index >= 15 is 0 Å². The van der Waals surface area contributed by atoms with Crippen LogP contribution in [0.5, 0.6) is 0 Å². The van der Waals surface area contributed by atoms with E-state index in [0.29, 0.717) is 11.2 Å². The summed E-state index contributed by atoms with van der Waals surface area (Å²) in [7, 11) is 0. The van der Waals surface area contributed by atoms with Gasteiger partial charge in [0.05, 0.1) is 6.10 Å². The van der Waals surface area contributed by atoms with Gasteiger partial charge in [-0.1, -0.05) is 20.3 Å². The molecular weight excluding hydrogens is 260 g/mol. The van der Waals surface area contributed by atoms with Crippen molar-refractivity contribution < 1.29 is 9.90 Å². The van der Waals surface area contributed by atoms with E-state index in [4.69, 9.17) is 0 Å². The summed E-state index contributed by atoms with van der Waals surface area (Å²) < 4.78 is 0.